The van der Waals surface area contributed by atoms with Gasteiger partial charge in [0.2, 0.25) is 0 Å². The molecule has 0 saturated carbocycles. The molecule has 1 amide bonds. The second-order valence-corrected chi connectivity index (χ2v) is 4.72. The summed E-state index contributed by atoms with van der Waals surface area (Å²) in [7, 11) is 0. The number of para-hydroxylation sites is 2. The molecule has 5 nitrogen and oxygen atoms in total. The number of nitrogens with two attached hydrogens (primary N) is 1. The number of hydrogen-bond acceptors (Lipinski definition) is 4. The summed E-state index contributed by atoms with van der Waals surface area (Å²) in [6, 6.07) is 14.5. The van der Waals surface area contributed by atoms with Gasteiger partial charge in [-0.15, -0.1) is 0 Å². The Morgan fingerprint density at radius 1 is 1.24 bits per heavy atom. The predicted octanol–water partition coefficient (Wildman–Crippen LogP) is 2.07. The molecule has 2 aromatic carbocycles. The molecule has 5 heteroatoms. The van der Waals surface area contributed by atoms with Crippen molar-refractivity contribution in [3.05, 3.63) is 48.5 Å². The van der Waals surface area contributed by atoms with E-state index in [2.05, 4.69) is 0 Å². The van der Waals surface area contributed by atoms with E-state index in [1.54, 1.807) is 29.2 Å². The number of nitrogen functional groups attached to an aromatic ring is 1. The third-order valence-corrected chi connectivity index (χ3v) is 3.25. The number of ether oxygens (including phenoxy) is 2. The molecule has 0 saturated heterocycles. The van der Waals surface area contributed by atoms with Gasteiger partial charge in [-0.1, -0.05) is 18.2 Å². The van der Waals surface area contributed by atoms with E-state index in [0.29, 0.717) is 24.6 Å². The summed E-state index contributed by atoms with van der Waals surface area (Å²) in [6.45, 7) is 0.981. The van der Waals surface area contributed by atoms with Crippen molar-refractivity contribution in [2.45, 2.75) is 0 Å². The average Bonchev–Trinajstić information content (AvgIpc) is 2.52. The van der Waals surface area contributed by atoms with Crippen LogP contribution in [0.5, 0.6) is 11.5 Å². The van der Waals surface area contributed by atoms with Crippen molar-refractivity contribution in [2.75, 3.05) is 30.4 Å². The van der Waals surface area contributed by atoms with Crippen LogP contribution in [0.3, 0.4) is 0 Å². The molecule has 3 rings (SSSR count). The summed E-state index contributed by atoms with van der Waals surface area (Å²) in [6.07, 6.45) is 0. The van der Waals surface area contributed by atoms with Crippen LogP contribution in [-0.2, 0) is 4.79 Å². The Morgan fingerprint density at radius 3 is 2.95 bits per heavy atom. The van der Waals surface area contributed by atoms with Crippen LogP contribution in [0.2, 0.25) is 0 Å². The zero-order valence-corrected chi connectivity index (χ0v) is 11.5. The van der Waals surface area contributed by atoms with Gasteiger partial charge in [0.05, 0.1) is 12.2 Å². The number of nitrogens with zero attached hydrogens (tertiary/aromatic N) is 1. The van der Waals surface area contributed by atoms with Gasteiger partial charge in [-0.05, 0) is 24.3 Å². The van der Waals surface area contributed by atoms with Crippen LogP contribution in [0.4, 0.5) is 11.4 Å². The number of rotatable bonds is 3. The molecule has 1 heterocycles. The Kier molecular flexibility index (Phi) is 3.64. The summed E-state index contributed by atoms with van der Waals surface area (Å²) in [4.78, 5) is 14.0. The molecule has 0 fully saturated rings. The van der Waals surface area contributed by atoms with Crippen LogP contribution in [0.1, 0.15) is 0 Å². The molecule has 1 aliphatic rings. The summed E-state index contributed by atoms with van der Waals surface area (Å²) >= 11 is 0. The number of anilines is 2. The summed E-state index contributed by atoms with van der Waals surface area (Å²) in [5, 5.41) is 0. The van der Waals surface area contributed by atoms with Crippen molar-refractivity contribution in [2.24, 2.45) is 0 Å². The zero-order valence-electron chi connectivity index (χ0n) is 11.5. The highest BCUT2D eigenvalue weighted by Crippen LogP contribution is 2.30. The van der Waals surface area contributed by atoms with Crippen molar-refractivity contribution < 1.29 is 14.3 Å². The van der Waals surface area contributed by atoms with Gasteiger partial charge in [-0.2, -0.15) is 0 Å². The first-order chi connectivity index (χ1) is 10.2. The maximum absolute atomic E-state index is 12.3. The second kappa shape index (κ2) is 5.75. The average molecular weight is 284 g/mol. The van der Waals surface area contributed by atoms with Gasteiger partial charge >= 0.3 is 0 Å². The Bertz CT molecular complexity index is 657. The Labute approximate surface area is 122 Å². The number of carbonyl (C=O) groups is 1. The lowest BCUT2D eigenvalue weighted by Crippen LogP contribution is -2.40. The maximum atomic E-state index is 12.3. The third-order valence-electron chi connectivity index (χ3n) is 3.25. The highest BCUT2D eigenvalue weighted by Gasteiger charge is 2.23. The SMILES string of the molecule is Nc1cccc(OCC(=O)N2CCOc3ccccc32)c1. The van der Waals surface area contributed by atoms with E-state index in [9.17, 15) is 4.79 Å². The highest BCUT2D eigenvalue weighted by molar-refractivity contribution is 5.96. The van der Waals surface area contributed by atoms with Gasteiger partial charge in [0.1, 0.15) is 18.1 Å². The fourth-order valence-electron chi connectivity index (χ4n) is 2.26. The quantitative estimate of drug-likeness (QED) is 0.876. The van der Waals surface area contributed by atoms with Crippen LogP contribution < -0.4 is 20.1 Å². The van der Waals surface area contributed by atoms with E-state index in [4.69, 9.17) is 15.2 Å². The van der Waals surface area contributed by atoms with Gasteiger partial charge in [0.25, 0.3) is 5.91 Å². The fourth-order valence-corrected chi connectivity index (χ4v) is 2.26. The lowest BCUT2D eigenvalue weighted by atomic mass is 10.2. The molecule has 21 heavy (non-hydrogen) atoms. The van der Waals surface area contributed by atoms with Crippen LogP contribution >= 0.6 is 0 Å². The molecule has 0 spiro atoms. The molecular weight excluding hydrogens is 268 g/mol. The number of carbonyl (C=O) groups excluding carboxylic acids is 1. The molecule has 2 N–H and O–H groups in total. The number of benzene rings is 2. The standard InChI is InChI=1S/C16H16N2O3/c17-12-4-3-5-13(10-12)21-11-16(19)18-8-9-20-15-7-2-1-6-14(15)18/h1-7,10H,8-9,11,17H2. The van der Waals surface area contributed by atoms with Gasteiger partial charge in [-0.25, -0.2) is 0 Å². The van der Waals surface area contributed by atoms with Gasteiger partial charge in [0, 0.05) is 11.8 Å². The lowest BCUT2D eigenvalue weighted by molar-refractivity contribution is -0.120. The largest absolute Gasteiger partial charge is 0.490 e. The van der Waals surface area contributed by atoms with Crippen LogP contribution in [0, 0.1) is 0 Å². The summed E-state index contributed by atoms with van der Waals surface area (Å²) in [5.41, 5.74) is 7.07. The minimum Gasteiger partial charge on any atom is -0.490 e. The molecule has 1 aliphatic heterocycles. The van der Waals surface area contributed by atoms with Crippen molar-refractivity contribution in [1.82, 2.24) is 0 Å². The van der Waals surface area contributed by atoms with Crippen molar-refractivity contribution in [3.63, 3.8) is 0 Å². The minimum absolute atomic E-state index is 0.0300. The van der Waals surface area contributed by atoms with Crippen molar-refractivity contribution >= 4 is 17.3 Å². The Balaban J connectivity index is 1.69. The normalized spacial score (nSPS) is 13.2. The molecule has 0 bridgehead atoms. The minimum atomic E-state index is -0.104. The second-order valence-electron chi connectivity index (χ2n) is 4.72. The summed E-state index contributed by atoms with van der Waals surface area (Å²) < 4.78 is 11.0. The molecule has 108 valence electrons. The fraction of sp³-hybridized carbons (Fsp3) is 0.188. The van der Waals surface area contributed by atoms with E-state index in [1.165, 1.54) is 0 Å². The molecule has 0 aliphatic carbocycles. The van der Waals surface area contributed by atoms with Gasteiger partial charge in [-0.3, -0.25) is 4.79 Å². The van der Waals surface area contributed by atoms with Crippen LogP contribution in [0.25, 0.3) is 0 Å². The third kappa shape index (κ3) is 2.91. The molecule has 0 unspecified atom stereocenters. The molecule has 0 atom stereocenters. The number of amides is 1. The van der Waals surface area contributed by atoms with Gasteiger partial charge in [0.15, 0.2) is 6.61 Å². The Morgan fingerprint density at radius 2 is 2.10 bits per heavy atom. The Hall–Kier alpha value is -2.69. The molecule has 0 aromatic heterocycles. The van der Waals surface area contributed by atoms with E-state index < -0.39 is 0 Å². The van der Waals surface area contributed by atoms with Crippen LogP contribution in [0.15, 0.2) is 48.5 Å². The molecule has 2 aromatic rings. The lowest BCUT2D eigenvalue weighted by Gasteiger charge is -2.29. The monoisotopic (exact) mass is 284 g/mol. The van der Waals surface area contributed by atoms with E-state index in [1.807, 2.05) is 24.3 Å². The number of hydrogen-bond donors (Lipinski definition) is 1. The number of fused-ring (bicyclic) bond motifs is 1. The molecule has 0 radical (unpaired) electrons. The van der Waals surface area contributed by atoms with Crippen molar-refractivity contribution in [3.8, 4) is 11.5 Å². The first kappa shape index (κ1) is 13.3. The molecular formula is C16H16N2O3. The van der Waals surface area contributed by atoms with Gasteiger partial charge < -0.3 is 20.1 Å². The van der Waals surface area contributed by atoms with E-state index in [0.717, 1.165) is 11.4 Å². The van der Waals surface area contributed by atoms with Crippen LogP contribution in [-0.4, -0.2) is 25.7 Å². The first-order valence-electron chi connectivity index (χ1n) is 6.74. The predicted molar refractivity (Wildman–Crippen MR) is 80.6 cm³/mol. The smallest absolute Gasteiger partial charge is 0.265 e. The first-order valence-corrected chi connectivity index (χ1v) is 6.74. The van der Waals surface area contributed by atoms with E-state index in [-0.39, 0.29) is 12.5 Å². The maximum Gasteiger partial charge on any atom is 0.265 e. The zero-order chi connectivity index (χ0) is 14.7. The summed E-state index contributed by atoms with van der Waals surface area (Å²) in [5.74, 6) is 1.21. The topological polar surface area (TPSA) is 64.8 Å². The van der Waals surface area contributed by atoms with Crippen molar-refractivity contribution in [1.29, 1.82) is 0 Å². The van der Waals surface area contributed by atoms with E-state index >= 15 is 0 Å². The highest BCUT2D eigenvalue weighted by atomic mass is 16.5.